The molecule has 1 aliphatic carbocycles. The van der Waals surface area contributed by atoms with E-state index < -0.39 is 0 Å². The van der Waals surface area contributed by atoms with Crippen LogP contribution in [0.15, 0.2) is 23.4 Å². The van der Waals surface area contributed by atoms with Gasteiger partial charge in [-0.05, 0) is 68.1 Å². The van der Waals surface area contributed by atoms with Gasteiger partial charge in [-0.25, -0.2) is 0 Å². The molecule has 0 bridgehead atoms. The Bertz CT molecular complexity index is 755. The van der Waals surface area contributed by atoms with Crippen molar-refractivity contribution >= 4 is 23.2 Å². The average Bonchev–Trinajstić information content (AvgIpc) is 2.59. The van der Waals surface area contributed by atoms with Crippen molar-refractivity contribution in [2.24, 2.45) is 0 Å². The summed E-state index contributed by atoms with van der Waals surface area (Å²) in [7, 11) is 5.20. The van der Waals surface area contributed by atoms with Gasteiger partial charge in [0.05, 0.1) is 18.7 Å². The predicted molar refractivity (Wildman–Crippen MR) is 103 cm³/mol. The fourth-order valence-electron chi connectivity index (χ4n) is 3.64. The smallest absolute Gasteiger partial charge is 0.253 e. The normalized spacial score (nSPS) is 19.7. The number of thiocarbonyl (C=S) groups is 1. The van der Waals surface area contributed by atoms with Crippen LogP contribution in [0, 0.1) is 0 Å². The van der Waals surface area contributed by atoms with Crippen LogP contribution in [0.3, 0.4) is 0 Å². The monoisotopic (exact) mass is 359 g/mol. The van der Waals surface area contributed by atoms with Crippen LogP contribution in [0.1, 0.15) is 42.5 Å². The van der Waals surface area contributed by atoms with Crippen molar-refractivity contribution in [1.82, 2.24) is 15.5 Å². The van der Waals surface area contributed by atoms with Gasteiger partial charge in [-0.15, -0.1) is 0 Å². The first-order valence-electron chi connectivity index (χ1n) is 8.62. The molecule has 0 radical (unpaired) electrons. The first-order valence-corrected chi connectivity index (χ1v) is 9.02. The number of carbonyl (C=O) groups is 1. The number of ether oxygens (including phenoxy) is 1. The second-order valence-corrected chi connectivity index (χ2v) is 7.25. The number of hydrogen-bond donors (Lipinski definition) is 2. The largest absolute Gasteiger partial charge is 0.496 e. The number of fused-ring (bicyclic) bond motifs is 1. The van der Waals surface area contributed by atoms with Crippen molar-refractivity contribution in [3.05, 3.63) is 40.1 Å². The van der Waals surface area contributed by atoms with Gasteiger partial charge in [0.1, 0.15) is 5.75 Å². The second kappa shape index (κ2) is 7.04. The standard InChI is InChI=1S/C19H25N3O2S/c1-11-16(18(23)22(2)3)17(21-19(25)20-11)14-9-12-7-5-6-8-13(12)10-15(14)24-4/h9-10,17H,5-8H2,1-4H3,(H2,20,21,25)/t17-/m0/s1. The average molecular weight is 359 g/mol. The number of aryl methyl sites for hydroxylation is 2. The molecule has 1 atom stereocenters. The van der Waals surface area contributed by atoms with Crippen LogP contribution >= 0.6 is 12.2 Å². The third kappa shape index (κ3) is 3.35. The molecule has 0 aromatic heterocycles. The summed E-state index contributed by atoms with van der Waals surface area (Å²) in [5.41, 5.74) is 5.13. The minimum absolute atomic E-state index is 0.0372. The first kappa shape index (κ1) is 17.7. The van der Waals surface area contributed by atoms with Crippen molar-refractivity contribution < 1.29 is 9.53 Å². The molecule has 6 heteroatoms. The molecule has 0 spiro atoms. The number of rotatable bonds is 3. The highest BCUT2D eigenvalue weighted by molar-refractivity contribution is 7.80. The summed E-state index contributed by atoms with van der Waals surface area (Å²) >= 11 is 5.34. The Kier molecular flexibility index (Phi) is 4.99. The lowest BCUT2D eigenvalue weighted by atomic mass is 9.86. The molecule has 3 rings (SSSR count). The van der Waals surface area contributed by atoms with E-state index in [4.69, 9.17) is 17.0 Å². The number of likely N-dealkylation sites (N-methyl/N-ethyl adjacent to an activating group) is 1. The number of hydrogen-bond acceptors (Lipinski definition) is 3. The number of allylic oxidation sites excluding steroid dienone is 1. The zero-order valence-electron chi connectivity index (χ0n) is 15.2. The van der Waals surface area contributed by atoms with E-state index in [9.17, 15) is 4.79 Å². The van der Waals surface area contributed by atoms with E-state index in [1.54, 1.807) is 26.1 Å². The van der Waals surface area contributed by atoms with Gasteiger partial charge < -0.3 is 20.3 Å². The molecule has 0 fully saturated rings. The minimum Gasteiger partial charge on any atom is -0.496 e. The first-order chi connectivity index (χ1) is 11.9. The van der Waals surface area contributed by atoms with Crippen LogP contribution in [0.2, 0.25) is 0 Å². The topological polar surface area (TPSA) is 53.6 Å². The Morgan fingerprint density at radius 1 is 1.24 bits per heavy atom. The van der Waals surface area contributed by atoms with E-state index in [-0.39, 0.29) is 11.9 Å². The highest BCUT2D eigenvalue weighted by Gasteiger charge is 2.33. The molecular formula is C19H25N3O2S. The van der Waals surface area contributed by atoms with Gasteiger partial charge in [0, 0.05) is 25.4 Å². The van der Waals surface area contributed by atoms with Crippen LogP contribution in [-0.2, 0) is 17.6 Å². The van der Waals surface area contributed by atoms with E-state index in [2.05, 4.69) is 22.8 Å². The molecular weight excluding hydrogens is 334 g/mol. The van der Waals surface area contributed by atoms with Crippen molar-refractivity contribution in [3.8, 4) is 5.75 Å². The minimum atomic E-state index is -0.314. The van der Waals surface area contributed by atoms with E-state index in [0.29, 0.717) is 10.7 Å². The maximum absolute atomic E-state index is 12.8. The summed E-state index contributed by atoms with van der Waals surface area (Å²) in [6, 6.07) is 4.00. The maximum atomic E-state index is 12.8. The van der Waals surface area contributed by atoms with Gasteiger partial charge in [0.15, 0.2) is 5.11 Å². The van der Waals surface area contributed by atoms with Crippen LogP contribution < -0.4 is 15.4 Å². The van der Waals surface area contributed by atoms with Gasteiger partial charge in [-0.1, -0.05) is 0 Å². The number of benzene rings is 1. The summed E-state index contributed by atoms with van der Waals surface area (Å²) in [5, 5.41) is 6.87. The summed E-state index contributed by atoms with van der Waals surface area (Å²) in [5.74, 6) is 0.768. The Morgan fingerprint density at radius 3 is 2.48 bits per heavy atom. The summed E-state index contributed by atoms with van der Waals surface area (Å²) < 4.78 is 5.67. The lowest BCUT2D eigenvalue weighted by molar-refractivity contribution is -0.125. The van der Waals surface area contributed by atoms with E-state index >= 15 is 0 Å². The summed E-state index contributed by atoms with van der Waals surface area (Å²) in [4.78, 5) is 14.4. The molecule has 5 nitrogen and oxygen atoms in total. The lowest BCUT2D eigenvalue weighted by Gasteiger charge is -2.33. The van der Waals surface area contributed by atoms with Gasteiger partial charge >= 0.3 is 0 Å². The van der Waals surface area contributed by atoms with Gasteiger partial charge in [0.25, 0.3) is 5.91 Å². The number of nitrogens with zero attached hydrogens (tertiary/aromatic N) is 1. The van der Waals surface area contributed by atoms with E-state index in [1.807, 2.05) is 6.92 Å². The highest BCUT2D eigenvalue weighted by atomic mass is 32.1. The van der Waals surface area contributed by atoms with E-state index in [0.717, 1.165) is 29.9 Å². The van der Waals surface area contributed by atoms with Gasteiger partial charge in [0.2, 0.25) is 0 Å². The molecule has 134 valence electrons. The Hall–Kier alpha value is -2.08. The van der Waals surface area contributed by atoms with Crippen molar-refractivity contribution in [1.29, 1.82) is 0 Å². The molecule has 1 aromatic carbocycles. The molecule has 1 heterocycles. The molecule has 0 saturated carbocycles. The molecule has 1 aromatic rings. The third-order valence-electron chi connectivity index (χ3n) is 4.91. The molecule has 1 aliphatic heterocycles. The number of amides is 1. The molecule has 0 saturated heterocycles. The van der Waals surface area contributed by atoms with Crippen molar-refractivity contribution in [2.75, 3.05) is 21.2 Å². The second-order valence-electron chi connectivity index (χ2n) is 6.84. The van der Waals surface area contributed by atoms with Gasteiger partial charge in [-0.3, -0.25) is 4.79 Å². The highest BCUT2D eigenvalue weighted by Crippen LogP contribution is 2.37. The Morgan fingerprint density at radius 2 is 1.88 bits per heavy atom. The van der Waals surface area contributed by atoms with E-state index in [1.165, 1.54) is 24.0 Å². The van der Waals surface area contributed by atoms with Crippen LogP contribution in [0.4, 0.5) is 0 Å². The quantitative estimate of drug-likeness (QED) is 0.812. The number of nitrogens with one attached hydrogen (secondary N) is 2. The van der Waals surface area contributed by atoms with Crippen LogP contribution in [0.25, 0.3) is 0 Å². The number of carbonyl (C=O) groups excluding carboxylic acids is 1. The van der Waals surface area contributed by atoms with Crippen LogP contribution in [0.5, 0.6) is 5.75 Å². The molecule has 25 heavy (non-hydrogen) atoms. The molecule has 2 aliphatic rings. The summed E-state index contributed by atoms with van der Waals surface area (Å²) in [6.45, 7) is 1.89. The van der Waals surface area contributed by atoms with Crippen LogP contribution in [-0.4, -0.2) is 37.1 Å². The number of methoxy groups -OCH3 is 1. The molecule has 0 unspecified atom stereocenters. The fraction of sp³-hybridized carbons (Fsp3) is 0.474. The predicted octanol–water partition coefficient (Wildman–Crippen LogP) is 2.46. The molecule has 1 amide bonds. The Labute approximate surface area is 154 Å². The zero-order chi connectivity index (χ0) is 18.1. The Balaban J connectivity index is 2.13. The SMILES string of the molecule is COc1cc2c(cc1[C@@H]1NC(=S)NC(C)=C1C(=O)N(C)C)CCCC2. The third-order valence-corrected chi connectivity index (χ3v) is 5.13. The fourth-order valence-corrected chi connectivity index (χ4v) is 3.91. The lowest BCUT2D eigenvalue weighted by Crippen LogP contribution is -2.46. The zero-order valence-corrected chi connectivity index (χ0v) is 16.0. The van der Waals surface area contributed by atoms with Crippen molar-refractivity contribution in [3.63, 3.8) is 0 Å². The maximum Gasteiger partial charge on any atom is 0.253 e. The van der Waals surface area contributed by atoms with Crippen molar-refractivity contribution in [2.45, 2.75) is 38.6 Å². The van der Waals surface area contributed by atoms with Gasteiger partial charge in [-0.2, -0.15) is 0 Å². The summed E-state index contributed by atoms with van der Waals surface area (Å²) in [6.07, 6.45) is 4.58. The molecule has 2 N–H and O–H groups in total.